The van der Waals surface area contributed by atoms with E-state index in [0.29, 0.717) is 0 Å². The van der Waals surface area contributed by atoms with Gasteiger partial charge in [0.25, 0.3) is 5.56 Å². The summed E-state index contributed by atoms with van der Waals surface area (Å²) in [7, 11) is 0. The van der Waals surface area contributed by atoms with Crippen LogP contribution in [-0.4, -0.2) is 43.4 Å². The fraction of sp³-hybridized carbons (Fsp3) is 0.556. The van der Waals surface area contributed by atoms with Gasteiger partial charge in [-0.25, -0.2) is 4.79 Å². The van der Waals surface area contributed by atoms with Crippen molar-refractivity contribution < 1.29 is 14.9 Å². The van der Waals surface area contributed by atoms with Crippen molar-refractivity contribution >= 4 is 15.9 Å². The summed E-state index contributed by atoms with van der Waals surface area (Å²) in [5.74, 6) is 0. The lowest BCUT2D eigenvalue weighted by Crippen LogP contribution is -2.35. The lowest BCUT2D eigenvalue weighted by atomic mass is 10.2. The minimum atomic E-state index is -0.927. The first-order valence-corrected chi connectivity index (χ1v) is 5.86. The van der Waals surface area contributed by atoms with Gasteiger partial charge in [-0.15, -0.1) is 0 Å². The maximum Gasteiger partial charge on any atom is 0.330 e. The third-order valence-corrected chi connectivity index (χ3v) is 3.59. The second kappa shape index (κ2) is 4.73. The zero-order valence-corrected chi connectivity index (χ0v) is 10.2. The highest BCUT2D eigenvalue weighted by Gasteiger charge is 2.43. The van der Waals surface area contributed by atoms with Gasteiger partial charge in [0.2, 0.25) is 0 Å². The molecule has 3 N–H and O–H groups in total. The molecule has 1 aromatic rings. The van der Waals surface area contributed by atoms with Crippen LogP contribution in [0.15, 0.2) is 21.9 Å². The molecule has 8 heteroatoms. The molecule has 1 aromatic heterocycles. The van der Waals surface area contributed by atoms with Gasteiger partial charge in [0.1, 0.15) is 6.10 Å². The predicted octanol–water partition coefficient (Wildman–Crippen LogP) is -1.45. The normalized spacial score (nSPS) is 32.9. The van der Waals surface area contributed by atoms with Crippen LogP contribution in [0.2, 0.25) is 0 Å². The molecule has 1 aliphatic rings. The molecular formula is C9H11BrN2O5. The van der Waals surface area contributed by atoms with Crippen LogP contribution < -0.4 is 11.2 Å². The topological polar surface area (TPSA) is 105 Å². The molecule has 94 valence electrons. The van der Waals surface area contributed by atoms with Crippen LogP contribution in [0.25, 0.3) is 0 Å². The Labute approximate surface area is 104 Å². The first-order chi connectivity index (χ1) is 8.04. The number of aromatic amines is 1. The van der Waals surface area contributed by atoms with Crippen LogP contribution in [0.4, 0.5) is 0 Å². The minimum Gasteiger partial charge on any atom is -0.394 e. The number of ether oxygens (including phenoxy) is 1. The smallest absolute Gasteiger partial charge is 0.330 e. The van der Waals surface area contributed by atoms with Crippen molar-refractivity contribution in [3.05, 3.63) is 33.1 Å². The van der Waals surface area contributed by atoms with E-state index in [2.05, 4.69) is 20.9 Å². The Morgan fingerprint density at radius 1 is 1.53 bits per heavy atom. The SMILES string of the molecule is O=c1ccn([C@@H]2O[C@H](CO)[C@H](O)[C@H]2Br)c(=O)[nH]1. The van der Waals surface area contributed by atoms with Crippen LogP contribution in [0.1, 0.15) is 6.23 Å². The third-order valence-electron chi connectivity index (χ3n) is 2.60. The van der Waals surface area contributed by atoms with E-state index < -0.39 is 34.5 Å². The highest BCUT2D eigenvalue weighted by molar-refractivity contribution is 9.09. The molecule has 1 aliphatic heterocycles. The molecule has 0 spiro atoms. The molecule has 4 atom stereocenters. The number of aromatic nitrogens is 2. The molecule has 0 aromatic carbocycles. The monoisotopic (exact) mass is 306 g/mol. The number of halogens is 1. The molecular weight excluding hydrogens is 296 g/mol. The minimum absolute atomic E-state index is 0.349. The highest BCUT2D eigenvalue weighted by atomic mass is 79.9. The van der Waals surface area contributed by atoms with Crippen LogP contribution >= 0.6 is 15.9 Å². The number of aliphatic hydroxyl groups excluding tert-OH is 2. The number of hydrogen-bond donors (Lipinski definition) is 3. The van der Waals surface area contributed by atoms with Gasteiger partial charge in [-0.1, -0.05) is 15.9 Å². The summed E-state index contributed by atoms with van der Waals surface area (Å²) in [6.45, 7) is -0.349. The number of H-pyrrole nitrogens is 1. The average molecular weight is 307 g/mol. The molecule has 2 heterocycles. The zero-order valence-electron chi connectivity index (χ0n) is 8.62. The number of nitrogens with zero attached hydrogens (tertiary/aromatic N) is 1. The fourth-order valence-corrected chi connectivity index (χ4v) is 2.43. The summed E-state index contributed by atoms with van der Waals surface area (Å²) in [4.78, 5) is 24.0. The van der Waals surface area contributed by atoms with Crippen molar-refractivity contribution in [1.29, 1.82) is 0 Å². The van der Waals surface area contributed by atoms with Crippen molar-refractivity contribution in [3.8, 4) is 0 Å². The zero-order chi connectivity index (χ0) is 12.6. The van der Waals surface area contributed by atoms with Crippen LogP contribution in [0, 0.1) is 0 Å². The van der Waals surface area contributed by atoms with Gasteiger partial charge in [-0.2, -0.15) is 0 Å². The van der Waals surface area contributed by atoms with Gasteiger partial charge in [0, 0.05) is 12.3 Å². The largest absolute Gasteiger partial charge is 0.394 e. The molecule has 7 nitrogen and oxygen atoms in total. The molecule has 1 saturated heterocycles. The molecule has 0 radical (unpaired) electrons. The van der Waals surface area contributed by atoms with E-state index in [4.69, 9.17) is 9.84 Å². The Kier molecular flexibility index (Phi) is 3.48. The first kappa shape index (κ1) is 12.5. The summed E-state index contributed by atoms with van der Waals surface area (Å²) >= 11 is 3.20. The second-order valence-electron chi connectivity index (χ2n) is 3.70. The molecule has 2 rings (SSSR count). The molecule has 0 bridgehead atoms. The Balaban J connectivity index is 2.35. The van der Waals surface area contributed by atoms with Crippen LogP contribution in [0.3, 0.4) is 0 Å². The second-order valence-corrected chi connectivity index (χ2v) is 4.76. The summed E-state index contributed by atoms with van der Waals surface area (Å²) in [6, 6.07) is 1.18. The number of aliphatic hydroxyl groups is 2. The number of alkyl halides is 1. The van der Waals surface area contributed by atoms with Crippen molar-refractivity contribution in [2.45, 2.75) is 23.3 Å². The maximum absolute atomic E-state index is 11.5. The molecule has 0 saturated carbocycles. The van der Waals surface area contributed by atoms with E-state index in [9.17, 15) is 14.7 Å². The van der Waals surface area contributed by atoms with E-state index in [0.717, 1.165) is 4.57 Å². The Bertz CT molecular complexity index is 513. The van der Waals surface area contributed by atoms with Gasteiger partial charge in [-0.3, -0.25) is 14.3 Å². The Morgan fingerprint density at radius 2 is 2.24 bits per heavy atom. The standard InChI is InChI=1S/C9H11BrN2O5/c10-6-7(15)4(3-13)17-8(6)12-2-1-5(14)11-9(12)16/h1-2,4,6-8,13,15H,3H2,(H,11,14,16)/t4-,6-,7+,8-/m1/s1. The van der Waals surface area contributed by atoms with Gasteiger partial charge in [-0.05, 0) is 0 Å². The lowest BCUT2D eigenvalue weighted by Gasteiger charge is -2.16. The molecule has 0 aliphatic carbocycles. The van der Waals surface area contributed by atoms with E-state index in [1.54, 1.807) is 0 Å². The molecule has 0 amide bonds. The van der Waals surface area contributed by atoms with Crippen molar-refractivity contribution in [2.75, 3.05) is 6.61 Å². The van der Waals surface area contributed by atoms with Gasteiger partial charge >= 0.3 is 5.69 Å². The van der Waals surface area contributed by atoms with Crippen LogP contribution in [0.5, 0.6) is 0 Å². The van der Waals surface area contributed by atoms with E-state index >= 15 is 0 Å². The number of rotatable bonds is 2. The summed E-state index contributed by atoms with van der Waals surface area (Å²) < 4.78 is 6.49. The van der Waals surface area contributed by atoms with E-state index in [1.807, 2.05) is 0 Å². The first-order valence-electron chi connectivity index (χ1n) is 4.94. The quantitative estimate of drug-likeness (QED) is 0.580. The number of hydrogen-bond acceptors (Lipinski definition) is 5. The molecule has 17 heavy (non-hydrogen) atoms. The summed E-state index contributed by atoms with van der Waals surface area (Å²) in [6.07, 6.45) is -1.18. The maximum atomic E-state index is 11.5. The van der Waals surface area contributed by atoms with Crippen molar-refractivity contribution in [3.63, 3.8) is 0 Å². The predicted molar refractivity (Wildman–Crippen MR) is 61.0 cm³/mol. The Hall–Kier alpha value is -0.960. The van der Waals surface area contributed by atoms with Crippen molar-refractivity contribution in [1.82, 2.24) is 9.55 Å². The highest BCUT2D eigenvalue weighted by Crippen LogP contribution is 2.33. The van der Waals surface area contributed by atoms with Gasteiger partial charge in [0.15, 0.2) is 6.23 Å². The molecule has 0 unspecified atom stereocenters. The van der Waals surface area contributed by atoms with Crippen LogP contribution in [-0.2, 0) is 4.74 Å². The van der Waals surface area contributed by atoms with Gasteiger partial charge in [0.05, 0.1) is 17.5 Å². The summed E-state index contributed by atoms with van der Waals surface area (Å²) in [5, 5.41) is 18.7. The average Bonchev–Trinajstić information content (AvgIpc) is 2.57. The van der Waals surface area contributed by atoms with E-state index in [-0.39, 0.29) is 6.61 Å². The van der Waals surface area contributed by atoms with Crippen molar-refractivity contribution in [2.24, 2.45) is 0 Å². The Morgan fingerprint density at radius 3 is 2.76 bits per heavy atom. The van der Waals surface area contributed by atoms with E-state index in [1.165, 1.54) is 12.3 Å². The fourth-order valence-electron chi connectivity index (χ4n) is 1.71. The lowest BCUT2D eigenvalue weighted by molar-refractivity contribution is -0.0456. The third kappa shape index (κ3) is 2.21. The summed E-state index contributed by atoms with van der Waals surface area (Å²) in [5.41, 5.74) is -1.13. The molecule has 1 fully saturated rings. The number of nitrogens with one attached hydrogen (secondary N) is 1. The van der Waals surface area contributed by atoms with Gasteiger partial charge < -0.3 is 14.9 Å².